The zero-order valence-electron chi connectivity index (χ0n) is 17.4. The molecule has 0 spiro atoms. The molecular weight excluding hydrogens is 452 g/mol. The molecule has 0 saturated carbocycles. The van der Waals surface area contributed by atoms with Crippen molar-refractivity contribution in [2.75, 3.05) is 16.3 Å². The Labute approximate surface area is 186 Å². The molecule has 1 aromatic heterocycles. The van der Waals surface area contributed by atoms with Crippen LogP contribution in [-0.4, -0.2) is 39.2 Å². The van der Waals surface area contributed by atoms with Gasteiger partial charge in [0.1, 0.15) is 0 Å². The van der Waals surface area contributed by atoms with Crippen LogP contribution < -0.4 is 10.0 Å². The minimum Gasteiger partial charge on any atom is -0.326 e. The van der Waals surface area contributed by atoms with Gasteiger partial charge < -0.3 is 5.32 Å². The topological polar surface area (TPSA) is 135 Å². The van der Waals surface area contributed by atoms with Gasteiger partial charge in [-0.1, -0.05) is 19.1 Å². The van der Waals surface area contributed by atoms with E-state index in [-0.39, 0.29) is 15.8 Å². The van der Waals surface area contributed by atoms with E-state index >= 15 is 0 Å². The lowest BCUT2D eigenvalue weighted by atomic mass is 10.1. The number of aromatic nitrogens is 2. The first kappa shape index (κ1) is 23.4. The summed E-state index contributed by atoms with van der Waals surface area (Å²) in [6.07, 6.45) is 2.14. The first-order valence-electron chi connectivity index (χ1n) is 9.65. The summed E-state index contributed by atoms with van der Waals surface area (Å²) in [7, 11) is -7.34. The van der Waals surface area contributed by atoms with Crippen molar-refractivity contribution < 1.29 is 21.6 Å². The van der Waals surface area contributed by atoms with Crippen molar-refractivity contribution in [3.05, 3.63) is 60.7 Å². The second kappa shape index (κ2) is 9.45. The van der Waals surface area contributed by atoms with Crippen molar-refractivity contribution in [3.8, 4) is 11.3 Å². The largest absolute Gasteiger partial charge is 0.326 e. The van der Waals surface area contributed by atoms with Gasteiger partial charge in [-0.05, 0) is 55.0 Å². The molecule has 0 unspecified atom stereocenters. The molecule has 1 amide bonds. The highest BCUT2D eigenvalue weighted by Crippen LogP contribution is 2.24. The van der Waals surface area contributed by atoms with Gasteiger partial charge in [-0.25, -0.2) is 16.8 Å². The average Bonchev–Trinajstić information content (AvgIpc) is 2.74. The van der Waals surface area contributed by atoms with Gasteiger partial charge in [0.2, 0.25) is 5.91 Å². The van der Waals surface area contributed by atoms with E-state index in [9.17, 15) is 21.6 Å². The molecule has 1 heterocycles. The summed E-state index contributed by atoms with van der Waals surface area (Å²) in [6, 6.07) is 15.2. The number of nitrogens with zero attached hydrogens (tertiary/aromatic N) is 2. The summed E-state index contributed by atoms with van der Waals surface area (Å²) in [4.78, 5) is 11.7. The fraction of sp³-hybridized carbons (Fsp3) is 0.190. The van der Waals surface area contributed by atoms with Crippen LogP contribution in [0, 0.1) is 0 Å². The Balaban J connectivity index is 1.77. The smallest absolute Gasteiger partial charge is 0.261 e. The summed E-state index contributed by atoms with van der Waals surface area (Å²) in [6.45, 7) is 1.90. The Kier molecular flexibility index (Phi) is 6.90. The highest BCUT2D eigenvalue weighted by molar-refractivity contribution is 7.92. The summed E-state index contributed by atoms with van der Waals surface area (Å²) in [5.41, 5.74) is 1.77. The number of anilines is 2. The standard InChI is InChI=1S/C21H22N4O5S2/c1-3-5-20(26)22-16-8-10-18(11-9-16)32(29,30)25-17-7-4-6-15(14-17)19-12-13-21(24-23-19)31(2,27)28/h4,6-14,25H,3,5H2,1-2H3,(H,22,26). The average molecular weight is 475 g/mol. The molecule has 0 aliphatic heterocycles. The maximum absolute atomic E-state index is 12.7. The van der Waals surface area contributed by atoms with E-state index in [2.05, 4.69) is 20.2 Å². The second-order valence-corrected chi connectivity index (χ2v) is 10.7. The summed E-state index contributed by atoms with van der Waals surface area (Å²) >= 11 is 0. The van der Waals surface area contributed by atoms with Crippen molar-refractivity contribution >= 4 is 37.1 Å². The second-order valence-electron chi connectivity index (χ2n) is 7.04. The van der Waals surface area contributed by atoms with Gasteiger partial charge in [0, 0.05) is 29.6 Å². The lowest BCUT2D eigenvalue weighted by molar-refractivity contribution is -0.116. The van der Waals surface area contributed by atoms with Crippen molar-refractivity contribution in [1.29, 1.82) is 0 Å². The van der Waals surface area contributed by atoms with Crippen LogP contribution in [-0.2, 0) is 24.7 Å². The Hall–Kier alpha value is -3.31. The van der Waals surface area contributed by atoms with Crippen molar-refractivity contribution in [3.63, 3.8) is 0 Å². The number of nitrogens with one attached hydrogen (secondary N) is 2. The molecule has 0 aliphatic carbocycles. The highest BCUT2D eigenvalue weighted by atomic mass is 32.2. The van der Waals surface area contributed by atoms with Crippen molar-refractivity contribution in [2.45, 2.75) is 29.7 Å². The van der Waals surface area contributed by atoms with Gasteiger partial charge >= 0.3 is 0 Å². The Morgan fingerprint density at radius 2 is 1.62 bits per heavy atom. The molecule has 0 fully saturated rings. The molecule has 3 rings (SSSR count). The number of hydrogen-bond donors (Lipinski definition) is 2. The van der Waals surface area contributed by atoms with Gasteiger partial charge in [0.05, 0.1) is 10.6 Å². The number of sulfone groups is 1. The monoisotopic (exact) mass is 474 g/mol. The maximum atomic E-state index is 12.7. The molecule has 2 aromatic carbocycles. The Morgan fingerprint density at radius 3 is 2.22 bits per heavy atom. The zero-order valence-corrected chi connectivity index (χ0v) is 19.1. The summed E-state index contributed by atoms with van der Waals surface area (Å²) in [5.74, 6) is -0.134. The van der Waals surface area contributed by atoms with E-state index in [1.54, 1.807) is 24.3 Å². The molecule has 2 N–H and O–H groups in total. The van der Waals surface area contributed by atoms with Crippen LogP contribution in [0.15, 0.2) is 70.6 Å². The minimum absolute atomic E-state index is 0.0358. The molecule has 0 atom stereocenters. The van der Waals surface area contributed by atoms with E-state index < -0.39 is 19.9 Å². The number of carbonyl (C=O) groups excluding carboxylic acids is 1. The molecule has 0 bridgehead atoms. The predicted octanol–water partition coefficient (Wildman–Crippen LogP) is 3.09. The van der Waals surface area contributed by atoms with E-state index in [0.717, 1.165) is 6.26 Å². The maximum Gasteiger partial charge on any atom is 0.261 e. The van der Waals surface area contributed by atoms with Gasteiger partial charge in [0.15, 0.2) is 14.9 Å². The fourth-order valence-corrected chi connectivity index (χ4v) is 4.35. The third-order valence-electron chi connectivity index (χ3n) is 4.36. The molecule has 0 aliphatic rings. The van der Waals surface area contributed by atoms with Gasteiger partial charge in [-0.2, -0.15) is 0 Å². The van der Waals surface area contributed by atoms with Crippen molar-refractivity contribution in [2.24, 2.45) is 0 Å². The minimum atomic E-state index is -3.87. The normalized spacial score (nSPS) is 11.7. The fourth-order valence-electron chi connectivity index (χ4n) is 2.80. The van der Waals surface area contributed by atoms with Crippen LogP contribution in [0.2, 0.25) is 0 Å². The first-order valence-corrected chi connectivity index (χ1v) is 13.0. The van der Waals surface area contributed by atoms with Gasteiger partial charge in [0.25, 0.3) is 10.0 Å². The third-order valence-corrected chi connectivity index (χ3v) is 6.73. The molecular formula is C21H22N4O5S2. The van der Waals surface area contributed by atoms with Crippen LogP contribution in [0.1, 0.15) is 19.8 Å². The van der Waals surface area contributed by atoms with Crippen LogP contribution >= 0.6 is 0 Å². The molecule has 9 nitrogen and oxygen atoms in total. The van der Waals surface area contributed by atoms with Crippen molar-refractivity contribution in [1.82, 2.24) is 10.2 Å². The molecule has 168 valence electrons. The SMILES string of the molecule is CCCC(=O)Nc1ccc(S(=O)(=O)Nc2cccc(-c3ccc(S(C)(=O)=O)nn3)c2)cc1. The van der Waals surface area contributed by atoms with Crippen LogP contribution in [0.5, 0.6) is 0 Å². The Morgan fingerprint density at radius 1 is 0.906 bits per heavy atom. The highest BCUT2D eigenvalue weighted by Gasteiger charge is 2.15. The predicted molar refractivity (Wildman–Crippen MR) is 121 cm³/mol. The number of amides is 1. The first-order chi connectivity index (χ1) is 15.1. The number of carbonyl (C=O) groups is 1. The molecule has 0 saturated heterocycles. The molecule has 11 heteroatoms. The van der Waals surface area contributed by atoms with E-state index in [0.29, 0.717) is 35.5 Å². The lowest BCUT2D eigenvalue weighted by Crippen LogP contribution is -2.14. The van der Waals surface area contributed by atoms with Crippen LogP contribution in [0.3, 0.4) is 0 Å². The molecule has 0 radical (unpaired) electrons. The number of rotatable bonds is 8. The van der Waals surface area contributed by atoms with Crippen LogP contribution in [0.25, 0.3) is 11.3 Å². The number of benzene rings is 2. The van der Waals surface area contributed by atoms with E-state index in [4.69, 9.17) is 0 Å². The van der Waals surface area contributed by atoms with E-state index in [1.165, 1.54) is 36.4 Å². The molecule has 3 aromatic rings. The number of hydrogen-bond acceptors (Lipinski definition) is 7. The van der Waals surface area contributed by atoms with Crippen LogP contribution in [0.4, 0.5) is 11.4 Å². The van der Waals surface area contributed by atoms with E-state index in [1.807, 2.05) is 6.92 Å². The van der Waals surface area contributed by atoms with Gasteiger partial charge in [-0.3, -0.25) is 9.52 Å². The summed E-state index contributed by atoms with van der Waals surface area (Å²) in [5, 5.41) is 10.2. The number of sulfonamides is 1. The van der Waals surface area contributed by atoms with Gasteiger partial charge in [-0.15, -0.1) is 10.2 Å². The Bertz CT molecular complexity index is 1320. The molecule has 32 heavy (non-hydrogen) atoms. The zero-order chi connectivity index (χ0) is 23.4. The summed E-state index contributed by atoms with van der Waals surface area (Å²) < 4.78 is 51.1. The lowest BCUT2D eigenvalue weighted by Gasteiger charge is -2.10. The quantitative estimate of drug-likeness (QED) is 0.512. The third kappa shape index (κ3) is 5.89.